The predicted molar refractivity (Wildman–Crippen MR) is 86.2 cm³/mol. The molecule has 1 amide bonds. The second kappa shape index (κ2) is 5.99. The number of benzene rings is 1. The SMILES string of the molecule is COC(=O)c1ccc(C2=CC(=Cc3ccsc3)C(=O)N2)cc1. The first-order chi connectivity index (χ1) is 10.7. The van der Waals surface area contributed by atoms with Crippen LogP contribution in [0.4, 0.5) is 0 Å². The molecule has 1 aliphatic heterocycles. The smallest absolute Gasteiger partial charge is 0.337 e. The molecule has 0 bridgehead atoms. The third-order valence-corrected chi connectivity index (χ3v) is 3.99. The average Bonchev–Trinajstić information content (AvgIpc) is 3.18. The van der Waals surface area contributed by atoms with Crippen LogP contribution in [0, 0.1) is 0 Å². The van der Waals surface area contributed by atoms with E-state index in [1.54, 1.807) is 35.6 Å². The average molecular weight is 311 g/mol. The van der Waals surface area contributed by atoms with E-state index >= 15 is 0 Å². The van der Waals surface area contributed by atoms with Crippen molar-refractivity contribution in [3.8, 4) is 0 Å². The number of nitrogens with one attached hydrogen (secondary N) is 1. The molecule has 0 atom stereocenters. The van der Waals surface area contributed by atoms with Crippen LogP contribution >= 0.6 is 11.3 Å². The Hall–Kier alpha value is -2.66. The fraction of sp³-hybridized carbons (Fsp3) is 0.0588. The van der Waals surface area contributed by atoms with Gasteiger partial charge in [-0.15, -0.1) is 0 Å². The maximum Gasteiger partial charge on any atom is 0.337 e. The minimum atomic E-state index is -0.381. The maximum absolute atomic E-state index is 12.0. The Bertz CT molecular complexity index is 771. The van der Waals surface area contributed by atoms with Gasteiger partial charge in [0.25, 0.3) is 5.91 Å². The van der Waals surface area contributed by atoms with Crippen molar-refractivity contribution in [2.75, 3.05) is 7.11 Å². The Labute approximate surface area is 131 Å². The molecule has 0 saturated heterocycles. The molecular weight excluding hydrogens is 298 g/mol. The van der Waals surface area contributed by atoms with Gasteiger partial charge in [0.15, 0.2) is 0 Å². The summed E-state index contributed by atoms with van der Waals surface area (Å²) in [6.45, 7) is 0. The van der Waals surface area contributed by atoms with Crippen LogP contribution in [0.1, 0.15) is 21.5 Å². The van der Waals surface area contributed by atoms with Crippen LogP contribution in [0.25, 0.3) is 11.8 Å². The number of rotatable bonds is 3. The largest absolute Gasteiger partial charge is 0.465 e. The molecule has 1 aromatic carbocycles. The van der Waals surface area contributed by atoms with E-state index in [0.29, 0.717) is 11.1 Å². The number of amides is 1. The molecule has 0 saturated carbocycles. The van der Waals surface area contributed by atoms with Crippen LogP contribution in [0.2, 0.25) is 0 Å². The zero-order valence-corrected chi connectivity index (χ0v) is 12.6. The molecule has 1 aliphatic rings. The minimum absolute atomic E-state index is 0.127. The van der Waals surface area contributed by atoms with Gasteiger partial charge < -0.3 is 10.1 Å². The maximum atomic E-state index is 12.0. The highest BCUT2D eigenvalue weighted by Gasteiger charge is 2.19. The molecule has 1 N–H and O–H groups in total. The summed E-state index contributed by atoms with van der Waals surface area (Å²) in [5, 5.41) is 6.79. The topological polar surface area (TPSA) is 55.4 Å². The molecule has 0 fully saturated rings. The lowest BCUT2D eigenvalue weighted by Gasteiger charge is -2.04. The van der Waals surface area contributed by atoms with Gasteiger partial charge >= 0.3 is 5.97 Å². The number of carbonyl (C=O) groups is 2. The molecule has 4 nitrogen and oxygen atoms in total. The van der Waals surface area contributed by atoms with Crippen molar-refractivity contribution in [2.45, 2.75) is 0 Å². The summed E-state index contributed by atoms with van der Waals surface area (Å²) in [5.74, 6) is -0.507. The number of ether oxygens (including phenoxy) is 1. The summed E-state index contributed by atoms with van der Waals surface area (Å²) >= 11 is 1.59. The van der Waals surface area contributed by atoms with Crippen molar-refractivity contribution in [3.05, 3.63) is 69.4 Å². The van der Waals surface area contributed by atoms with Crippen molar-refractivity contribution < 1.29 is 14.3 Å². The Balaban J connectivity index is 1.86. The van der Waals surface area contributed by atoms with Gasteiger partial charge in [0, 0.05) is 11.3 Å². The van der Waals surface area contributed by atoms with Gasteiger partial charge in [0.05, 0.1) is 12.7 Å². The number of hydrogen-bond acceptors (Lipinski definition) is 4. The Morgan fingerprint density at radius 1 is 1.23 bits per heavy atom. The van der Waals surface area contributed by atoms with E-state index in [0.717, 1.165) is 16.8 Å². The molecule has 2 heterocycles. The monoisotopic (exact) mass is 311 g/mol. The van der Waals surface area contributed by atoms with Crippen LogP contribution in [0.5, 0.6) is 0 Å². The Morgan fingerprint density at radius 3 is 2.64 bits per heavy atom. The van der Waals surface area contributed by atoms with Crippen molar-refractivity contribution >= 4 is 35.0 Å². The van der Waals surface area contributed by atoms with Crippen LogP contribution in [0.3, 0.4) is 0 Å². The van der Waals surface area contributed by atoms with Crippen molar-refractivity contribution in [1.29, 1.82) is 0 Å². The highest BCUT2D eigenvalue weighted by atomic mass is 32.1. The van der Waals surface area contributed by atoms with E-state index in [4.69, 9.17) is 0 Å². The van der Waals surface area contributed by atoms with E-state index in [-0.39, 0.29) is 11.9 Å². The van der Waals surface area contributed by atoms with Gasteiger partial charge in [0.2, 0.25) is 0 Å². The third kappa shape index (κ3) is 2.84. The molecule has 22 heavy (non-hydrogen) atoms. The first-order valence-corrected chi connectivity index (χ1v) is 7.57. The minimum Gasteiger partial charge on any atom is -0.465 e. The fourth-order valence-electron chi connectivity index (χ4n) is 2.15. The molecule has 5 heteroatoms. The first-order valence-electron chi connectivity index (χ1n) is 6.63. The van der Waals surface area contributed by atoms with Gasteiger partial charge in [-0.05, 0) is 52.2 Å². The molecule has 0 radical (unpaired) electrons. The van der Waals surface area contributed by atoms with Crippen molar-refractivity contribution in [2.24, 2.45) is 0 Å². The second-order valence-electron chi connectivity index (χ2n) is 4.74. The molecular formula is C17H13NO3S. The second-order valence-corrected chi connectivity index (χ2v) is 5.52. The number of esters is 1. The first kappa shape index (κ1) is 14.3. The lowest BCUT2D eigenvalue weighted by molar-refractivity contribution is -0.115. The van der Waals surface area contributed by atoms with E-state index in [1.165, 1.54) is 7.11 Å². The van der Waals surface area contributed by atoms with Crippen LogP contribution < -0.4 is 5.32 Å². The molecule has 0 aliphatic carbocycles. The molecule has 0 unspecified atom stereocenters. The highest BCUT2D eigenvalue weighted by Crippen LogP contribution is 2.23. The molecule has 110 valence electrons. The Kier molecular flexibility index (Phi) is 3.89. The van der Waals surface area contributed by atoms with Gasteiger partial charge in [-0.25, -0.2) is 4.79 Å². The molecule has 1 aromatic heterocycles. The van der Waals surface area contributed by atoms with Gasteiger partial charge in [0.1, 0.15) is 0 Å². The van der Waals surface area contributed by atoms with E-state index in [9.17, 15) is 9.59 Å². The standard InChI is InChI=1S/C17H13NO3S/c1-21-17(20)13-4-2-12(3-5-13)15-9-14(16(19)18-15)8-11-6-7-22-10-11/h2-10H,1H3,(H,18,19). The van der Waals surface area contributed by atoms with E-state index in [2.05, 4.69) is 10.1 Å². The number of carbonyl (C=O) groups excluding carboxylic acids is 2. The third-order valence-electron chi connectivity index (χ3n) is 3.29. The quantitative estimate of drug-likeness (QED) is 0.700. The van der Waals surface area contributed by atoms with Gasteiger partial charge in [-0.3, -0.25) is 4.79 Å². The molecule has 3 rings (SSSR count). The Morgan fingerprint density at radius 2 is 2.00 bits per heavy atom. The number of hydrogen-bond donors (Lipinski definition) is 1. The summed E-state index contributed by atoms with van der Waals surface area (Å²) in [4.78, 5) is 23.4. The summed E-state index contributed by atoms with van der Waals surface area (Å²) in [7, 11) is 1.34. The van der Waals surface area contributed by atoms with Gasteiger partial charge in [-0.2, -0.15) is 11.3 Å². The lowest BCUT2D eigenvalue weighted by Crippen LogP contribution is -2.15. The zero-order chi connectivity index (χ0) is 15.5. The summed E-state index contributed by atoms with van der Waals surface area (Å²) in [5.41, 5.74) is 3.67. The number of methoxy groups -OCH3 is 1. The normalized spacial score (nSPS) is 15.6. The summed E-state index contributed by atoms with van der Waals surface area (Å²) in [6.07, 6.45) is 3.66. The lowest BCUT2D eigenvalue weighted by atomic mass is 10.1. The van der Waals surface area contributed by atoms with Crippen LogP contribution in [-0.2, 0) is 9.53 Å². The van der Waals surface area contributed by atoms with E-state index < -0.39 is 0 Å². The zero-order valence-electron chi connectivity index (χ0n) is 11.8. The summed E-state index contributed by atoms with van der Waals surface area (Å²) in [6, 6.07) is 8.88. The van der Waals surface area contributed by atoms with Crippen LogP contribution in [0.15, 0.2) is 52.7 Å². The van der Waals surface area contributed by atoms with Crippen molar-refractivity contribution in [1.82, 2.24) is 5.32 Å². The fourth-order valence-corrected chi connectivity index (χ4v) is 2.77. The molecule has 2 aromatic rings. The van der Waals surface area contributed by atoms with Crippen LogP contribution in [-0.4, -0.2) is 19.0 Å². The molecule has 0 spiro atoms. The summed E-state index contributed by atoms with van der Waals surface area (Å²) < 4.78 is 4.66. The predicted octanol–water partition coefficient (Wildman–Crippen LogP) is 3.09. The number of thiophene rings is 1. The highest BCUT2D eigenvalue weighted by molar-refractivity contribution is 7.08. The van der Waals surface area contributed by atoms with Gasteiger partial charge in [-0.1, -0.05) is 12.1 Å². The van der Waals surface area contributed by atoms with Crippen molar-refractivity contribution in [3.63, 3.8) is 0 Å². The van der Waals surface area contributed by atoms with E-state index in [1.807, 2.05) is 29.0 Å².